The number of nitriles is 1. The van der Waals surface area contributed by atoms with Gasteiger partial charge in [-0.3, -0.25) is 10.1 Å². The van der Waals surface area contributed by atoms with E-state index < -0.39 is 4.92 Å². The number of rotatable bonds is 5. The lowest BCUT2D eigenvalue weighted by molar-refractivity contribution is -0.384. The molecule has 0 fully saturated rings. The molecule has 3 N–H and O–H groups in total. The third-order valence-corrected chi connectivity index (χ3v) is 2.48. The molecule has 0 radical (unpaired) electrons. The topological polar surface area (TPSA) is 105 Å². The molecule has 0 heterocycles. The Bertz CT molecular complexity index is 449. The number of nitro benzene ring substituents is 1. The summed E-state index contributed by atoms with van der Waals surface area (Å²) in [6.07, 6.45) is 0.754. The Labute approximate surface area is 99.2 Å². The van der Waals surface area contributed by atoms with Gasteiger partial charge in [-0.2, -0.15) is 5.26 Å². The van der Waals surface area contributed by atoms with Crippen LogP contribution in [-0.2, 0) is 0 Å². The summed E-state index contributed by atoms with van der Waals surface area (Å²) < 4.78 is 0. The van der Waals surface area contributed by atoms with Crippen molar-refractivity contribution in [3.05, 3.63) is 33.9 Å². The van der Waals surface area contributed by atoms with Crippen molar-refractivity contribution >= 4 is 11.4 Å². The minimum atomic E-state index is -0.551. The highest BCUT2D eigenvalue weighted by atomic mass is 16.6. The van der Waals surface area contributed by atoms with Crippen LogP contribution in [0.1, 0.15) is 18.9 Å². The standard InChI is InChI=1S/C11H14N4O2/c1-2-9(7-13)14-10-5-3-4-8(6-12)11(10)15(16)17/h3-5,9,14H,2,7,13H2,1H3. The van der Waals surface area contributed by atoms with Crippen molar-refractivity contribution in [3.8, 4) is 6.07 Å². The summed E-state index contributed by atoms with van der Waals surface area (Å²) >= 11 is 0. The first-order valence-electron chi connectivity index (χ1n) is 5.28. The average molecular weight is 234 g/mol. The minimum Gasteiger partial charge on any atom is -0.375 e. The van der Waals surface area contributed by atoms with Crippen molar-refractivity contribution in [2.75, 3.05) is 11.9 Å². The zero-order valence-corrected chi connectivity index (χ0v) is 9.51. The third kappa shape index (κ3) is 2.92. The highest BCUT2D eigenvalue weighted by Crippen LogP contribution is 2.28. The maximum atomic E-state index is 10.9. The predicted octanol–water partition coefficient (Wildman–Crippen LogP) is 1.62. The third-order valence-electron chi connectivity index (χ3n) is 2.48. The van der Waals surface area contributed by atoms with Crippen LogP contribution in [0.15, 0.2) is 18.2 Å². The lowest BCUT2D eigenvalue weighted by Crippen LogP contribution is -2.28. The summed E-state index contributed by atoms with van der Waals surface area (Å²) in [5, 5.41) is 22.8. The Morgan fingerprint density at radius 2 is 2.35 bits per heavy atom. The smallest absolute Gasteiger partial charge is 0.309 e. The van der Waals surface area contributed by atoms with Gasteiger partial charge in [0.25, 0.3) is 0 Å². The molecule has 1 unspecified atom stereocenters. The second-order valence-corrected chi connectivity index (χ2v) is 3.56. The fourth-order valence-electron chi connectivity index (χ4n) is 1.49. The Balaban J connectivity index is 3.15. The molecule has 6 nitrogen and oxygen atoms in total. The number of anilines is 1. The SMILES string of the molecule is CCC(CN)Nc1cccc(C#N)c1[N+](=O)[O-]. The van der Waals surface area contributed by atoms with Crippen LogP contribution in [0.25, 0.3) is 0 Å². The van der Waals surface area contributed by atoms with Crippen LogP contribution in [0.3, 0.4) is 0 Å². The molecular formula is C11H14N4O2. The second-order valence-electron chi connectivity index (χ2n) is 3.56. The van der Waals surface area contributed by atoms with Crippen LogP contribution in [0.4, 0.5) is 11.4 Å². The minimum absolute atomic E-state index is 0.0392. The van der Waals surface area contributed by atoms with Gasteiger partial charge in [0.15, 0.2) is 0 Å². The van der Waals surface area contributed by atoms with E-state index in [1.165, 1.54) is 6.07 Å². The van der Waals surface area contributed by atoms with E-state index in [4.69, 9.17) is 11.0 Å². The number of nitrogens with zero attached hydrogens (tertiary/aromatic N) is 2. The van der Waals surface area contributed by atoms with E-state index in [0.29, 0.717) is 12.2 Å². The van der Waals surface area contributed by atoms with E-state index in [1.54, 1.807) is 12.1 Å². The fraction of sp³-hybridized carbons (Fsp3) is 0.364. The summed E-state index contributed by atoms with van der Waals surface area (Å²) in [6, 6.07) is 6.39. The van der Waals surface area contributed by atoms with E-state index in [9.17, 15) is 10.1 Å². The van der Waals surface area contributed by atoms with Gasteiger partial charge in [-0.05, 0) is 18.6 Å². The highest BCUT2D eigenvalue weighted by Gasteiger charge is 2.20. The quantitative estimate of drug-likeness (QED) is 0.594. The molecule has 1 atom stereocenters. The molecule has 0 aromatic heterocycles. The van der Waals surface area contributed by atoms with Crippen molar-refractivity contribution in [2.24, 2.45) is 5.73 Å². The molecule has 0 saturated carbocycles. The summed E-state index contributed by atoms with van der Waals surface area (Å²) in [6.45, 7) is 2.31. The number of nitrogens with two attached hydrogens (primary N) is 1. The molecule has 0 aliphatic rings. The maximum absolute atomic E-state index is 10.9. The van der Waals surface area contributed by atoms with Crippen molar-refractivity contribution in [2.45, 2.75) is 19.4 Å². The summed E-state index contributed by atoms with van der Waals surface area (Å²) in [7, 11) is 0. The lowest BCUT2D eigenvalue weighted by Gasteiger charge is -2.16. The Morgan fingerprint density at radius 3 is 2.82 bits per heavy atom. The molecule has 90 valence electrons. The van der Waals surface area contributed by atoms with Gasteiger partial charge in [-0.15, -0.1) is 0 Å². The number of hydrogen-bond donors (Lipinski definition) is 2. The fourth-order valence-corrected chi connectivity index (χ4v) is 1.49. The molecular weight excluding hydrogens is 220 g/mol. The van der Waals surface area contributed by atoms with Crippen LogP contribution in [0.5, 0.6) is 0 Å². The van der Waals surface area contributed by atoms with E-state index in [0.717, 1.165) is 6.42 Å². The molecule has 6 heteroatoms. The maximum Gasteiger partial charge on any atom is 0.309 e. The van der Waals surface area contributed by atoms with Gasteiger partial charge in [0, 0.05) is 12.6 Å². The van der Waals surface area contributed by atoms with Crippen molar-refractivity contribution < 1.29 is 4.92 Å². The molecule has 0 saturated heterocycles. The van der Waals surface area contributed by atoms with Gasteiger partial charge in [0.05, 0.1) is 4.92 Å². The Morgan fingerprint density at radius 1 is 1.65 bits per heavy atom. The largest absolute Gasteiger partial charge is 0.375 e. The van der Waals surface area contributed by atoms with Gasteiger partial charge >= 0.3 is 5.69 Å². The van der Waals surface area contributed by atoms with Crippen LogP contribution < -0.4 is 11.1 Å². The molecule has 1 aromatic rings. The zero-order valence-electron chi connectivity index (χ0n) is 9.51. The normalized spacial score (nSPS) is 11.6. The van der Waals surface area contributed by atoms with Gasteiger partial charge in [-0.1, -0.05) is 13.0 Å². The number of hydrogen-bond acceptors (Lipinski definition) is 5. The zero-order chi connectivity index (χ0) is 12.8. The number of nitrogens with one attached hydrogen (secondary N) is 1. The van der Waals surface area contributed by atoms with Gasteiger partial charge in [0.1, 0.15) is 17.3 Å². The number of benzene rings is 1. The van der Waals surface area contributed by atoms with E-state index >= 15 is 0 Å². The molecule has 0 bridgehead atoms. The first-order valence-corrected chi connectivity index (χ1v) is 5.28. The highest BCUT2D eigenvalue weighted by molar-refractivity contribution is 5.68. The van der Waals surface area contributed by atoms with Gasteiger partial charge in [-0.25, -0.2) is 0 Å². The molecule has 1 rings (SSSR count). The number of para-hydroxylation sites is 1. The van der Waals surface area contributed by atoms with E-state index in [2.05, 4.69) is 5.32 Å². The summed E-state index contributed by atoms with van der Waals surface area (Å²) in [4.78, 5) is 10.4. The van der Waals surface area contributed by atoms with Crippen molar-refractivity contribution in [1.29, 1.82) is 5.26 Å². The van der Waals surface area contributed by atoms with E-state index in [-0.39, 0.29) is 17.3 Å². The lowest BCUT2D eigenvalue weighted by atomic mass is 10.1. The predicted molar refractivity (Wildman–Crippen MR) is 64.6 cm³/mol. The van der Waals surface area contributed by atoms with Gasteiger partial charge < -0.3 is 11.1 Å². The summed E-state index contributed by atoms with van der Waals surface area (Å²) in [5.41, 5.74) is 5.73. The first kappa shape index (κ1) is 12.9. The van der Waals surface area contributed by atoms with Crippen LogP contribution in [0.2, 0.25) is 0 Å². The first-order chi connectivity index (χ1) is 8.13. The van der Waals surface area contributed by atoms with Crippen molar-refractivity contribution in [1.82, 2.24) is 0 Å². The molecule has 1 aromatic carbocycles. The molecule has 0 aliphatic carbocycles. The van der Waals surface area contributed by atoms with Crippen LogP contribution >= 0.6 is 0 Å². The molecule has 0 spiro atoms. The monoisotopic (exact) mass is 234 g/mol. The van der Waals surface area contributed by atoms with E-state index in [1.807, 2.05) is 13.0 Å². The second kappa shape index (κ2) is 5.82. The molecule has 0 amide bonds. The van der Waals surface area contributed by atoms with Crippen LogP contribution in [0, 0.1) is 21.4 Å². The number of nitro groups is 1. The molecule has 17 heavy (non-hydrogen) atoms. The average Bonchev–Trinajstić information content (AvgIpc) is 2.34. The summed E-state index contributed by atoms with van der Waals surface area (Å²) in [5.74, 6) is 0. The van der Waals surface area contributed by atoms with Crippen molar-refractivity contribution in [3.63, 3.8) is 0 Å². The Kier molecular flexibility index (Phi) is 4.43. The Hall–Kier alpha value is -2.13. The molecule has 0 aliphatic heterocycles. The van der Waals surface area contributed by atoms with Gasteiger partial charge in [0.2, 0.25) is 0 Å². The van der Waals surface area contributed by atoms with Crippen LogP contribution in [-0.4, -0.2) is 17.5 Å².